The third-order valence-electron chi connectivity index (χ3n) is 5.78. The van der Waals surface area contributed by atoms with E-state index in [9.17, 15) is 36.6 Å². The lowest BCUT2D eigenvalue weighted by Crippen LogP contribution is -2.65. The Labute approximate surface area is 167 Å². The lowest BCUT2D eigenvalue weighted by Gasteiger charge is -2.48. The number of hydrogen-bond donors (Lipinski definition) is 2. The molecule has 0 radical (unpaired) electrons. The van der Waals surface area contributed by atoms with Crippen molar-refractivity contribution in [3.05, 3.63) is 0 Å². The SMILES string of the molecule is CCC(O)COC1C(C)CC(C(OCC(O)CC)(C(F)(F)F)C(F)(F)F)CC1C. The molecule has 1 fully saturated rings. The second-order valence-electron chi connectivity index (χ2n) is 8.09. The van der Waals surface area contributed by atoms with Gasteiger partial charge in [-0.3, -0.25) is 0 Å². The molecule has 1 aliphatic carbocycles. The number of hydrogen-bond acceptors (Lipinski definition) is 4. The minimum Gasteiger partial charge on any atom is -0.391 e. The van der Waals surface area contributed by atoms with E-state index < -0.39 is 73.5 Å². The van der Waals surface area contributed by atoms with E-state index in [4.69, 9.17) is 4.74 Å². The second kappa shape index (κ2) is 10.2. The molecule has 1 aliphatic rings. The zero-order chi connectivity index (χ0) is 22.6. The van der Waals surface area contributed by atoms with Crippen LogP contribution in [0.4, 0.5) is 26.3 Å². The molecule has 4 nitrogen and oxygen atoms in total. The maximum absolute atomic E-state index is 13.9. The van der Waals surface area contributed by atoms with E-state index in [0.29, 0.717) is 6.42 Å². The second-order valence-corrected chi connectivity index (χ2v) is 8.09. The van der Waals surface area contributed by atoms with E-state index in [2.05, 4.69) is 4.74 Å². The summed E-state index contributed by atoms with van der Waals surface area (Å²) in [6.07, 6.45) is -14.5. The molecule has 174 valence electrons. The molecule has 0 saturated heterocycles. The maximum Gasteiger partial charge on any atom is 0.426 e. The van der Waals surface area contributed by atoms with Crippen LogP contribution in [0.1, 0.15) is 53.4 Å². The minimum atomic E-state index is -5.70. The lowest BCUT2D eigenvalue weighted by molar-refractivity contribution is -0.404. The number of halogens is 6. The highest BCUT2D eigenvalue weighted by atomic mass is 19.4. The first-order chi connectivity index (χ1) is 13.2. The van der Waals surface area contributed by atoms with Crippen LogP contribution < -0.4 is 0 Å². The van der Waals surface area contributed by atoms with Gasteiger partial charge in [-0.25, -0.2) is 0 Å². The van der Waals surface area contributed by atoms with Crippen molar-refractivity contribution in [1.82, 2.24) is 0 Å². The monoisotopic (exact) mass is 438 g/mol. The Balaban J connectivity index is 3.17. The summed E-state index contributed by atoms with van der Waals surface area (Å²) in [5.74, 6) is -3.07. The van der Waals surface area contributed by atoms with Crippen molar-refractivity contribution in [1.29, 1.82) is 0 Å². The van der Waals surface area contributed by atoms with Crippen molar-refractivity contribution in [2.45, 2.75) is 89.6 Å². The molecule has 2 N–H and O–H groups in total. The Morgan fingerprint density at radius 2 is 1.24 bits per heavy atom. The fourth-order valence-corrected chi connectivity index (χ4v) is 4.07. The van der Waals surface area contributed by atoms with Crippen LogP contribution in [0.15, 0.2) is 0 Å². The molecule has 4 atom stereocenters. The molecule has 0 aromatic carbocycles. The Kier molecular flexibility index (Phi) is 9.26. The summed E-state index contributed by atoms with van der Waals surface area (Å²) in [5, 5.41) is 19.2. The Bertz CT molecular complexity index is 470. The fraction of sp³-hybridized carbons (Fsp3) is 1.00. The molecular formula is C19H32F6O4. The highest BCUT2D eigenvalue weighted by Crippen LogP contribution is 2.55. The average molecular weight is 438 g/mol. The molecule has 0 aliphatic heterocycles. The number of aliphatic hydroxyl groups excluding tert-OH is 2. The van der Waals surface area contributed by atoms with Gasteiger partial charge >= 0.3 is 12.4 Å². The summed E-state index contributed by atoms with van der Waals surface area (Å²) in [7, 11) is 0. The van der Waals surface area contributed by atoms with Gasteiger partial charge in [0.1, 0.15) is 0 Å². The zero-order valence-corrected chi connectivity index (χ0v) is 17.2. The average Bonchev–Trinajstić information content (AvgIpc) is 2.58. The first-order valence-corrected chi connectivity index (χ1v) is 9.96. The topological polar surface area (TPSA) is 58.9 Å². The summed E-state index contributed by atoms with van der Waals surface area (Å²) in [6, 6.07) is 0. The molecule has 0 aromatic rings. The molecule has 0 aromatic heterocycles. The van der Waals surface area contributed by atoms with Crippen LogP contribution in [0.3, 0.4) is 0 Å². The number of rotatable bonds is 9. The molecule has 29 heavy (non-hydrogen) atoms. The first kappa shape index (κ1) is 26.5. The largest absolute Gasteiger partial charge is 0.426 e. The third-order valence-corrected chi connectivity index (χ3v) is 5.78. The van der Waals surface area contributed by atoms with Gasteiger partial charge in [-0.05, 0) is 37.5 Å². The molecule has 1 rings (SSSR count). The number of ether oxygens (including phenoxy) is 2. The van der Waals surface area contributed by atoms with Crippen LogP contribution >= 0.6 is 0 Å². The highest BCUT2D eigenvalue weighted by molar-refractivity contribution is 5.04. The van der Waals surface area contributed by atoms with Gasteiger partial charge in [-0.15, -0.1) is 0 Å². The van der Waals surface area contributed by atoms with E-state index in [0.717, 1.165) is 0 Å². The van der Waals surface area contributed by atoms with E-state index in [-0.39, 0.29) is 13.0 Å². The normalized spacial score (nSPS) is 29.0. The summed E-state index contributed by atoms with van der Waals surface area (Å²) >= 11 is 0. The van der Waals surface area contributed by atoms with Crippen LogP contribution in [0, 0.1) is 17.8 Å². The van der Waals surface area contributed by atoms with Crippen molar-refractivity contribution in [3.63, 3.8) is 0 Å². The Morgan fingerprint density at radius 1 is 0.828 bits per heavy atom. The van der Waals surface area contributed by atoms with Gasteiger partial charge in [0.25, 0.3) is 5.60 Å². The van der Waals surface area contributed by atoms with Crippen LogP contribution in [0.5, 0.6) is 0 Å². The summed E-state index contributed by atoms with van der Waals surface area (Å²) < 4.78 is 93.4. The molecule has 0 amide bonds. The predicted octanol–water partition coefficient (Wildman–Crippen LogP) is 4.48. The van der Waals surface area contributed by atoms with Crippen LogP contribution in [-0.2, 0) is 9.47 Å². The summed E-state index contributed by atoms with van der Waals surface area (Å²) in [4.78, 5) is 0. The third kappa shape index (κ3) is 5.98. The smallest absolute Gasteiger partial charge is 0.391 e. The fourth-order valence-electron chi connectivity index (χ4n) is 4.07. The number of alkyl halides is 6. The van der Waals surface area contributed by atoms with Gasteiger partial charge in [-0.2, -0.15) is 26.3 Å². The van der Waals surface area contributed by atoms with E-state index >= 15 is 0 Å². The van der Waals surface area contributed by atoms with Gasteiger partial charge in [0, 0.05) is 5.92 Å². The maximum atomic E-state index is 13.9. The molecule has 0 spiro atoms. The van der Waals surface area contributed by atoms with Crippen LogP contribution in [0.2, 0.25) is 0 Å². The molecule has 10 heteroatoms. The van der Waals surface area contributed by atoms with E-state index in [1.807, 2.05) is 0 Å². The lowest BCUT2D eigenvalue weighted by atomic mass is 9.67. The van der Waals surface area contributed by atoms with E-state index in [1.165, 1.54) is 6.92 Å². The minimum absolute atomic E-state index is 0.0244. The van der Waals surface area contributed by atoms with Crippen molar-refractivity contribution in [2.75, 3.05) is 13.2 Å². The molecule has 4 unspecified atom stereocenters. The summed E-state index contributed by atoms with van der Waals surface area (Å²) in [6.45, 7) is 5.18. The first-order valence-electron chi connectivity index (χ1n) is 9.96. The predicted molar refractivity (Wildman–Crippen MR) is 94.2 cm³/mol. The molecule has 0 heterocycles. The van der Waals surface area contributed by atoms with Crippen molar-refractivity contribution in [3.8, 4) is 0 Å². The van der Waals surface area contributed by atoms with Crippen molar-refractivity contribution >= 4 is 0 Å². The Morgan fingerprint density at radius 3 is 1.62 bits per heavy atom. The van der Waals surface area contributed by atoms with Gasteiger partial charge in [0.15, 0.2) is 0 Å². The standard InChI is InChI=1S/C19H32F6O4/c1-5-14(26)9-28-16-11(3)7-13(8-12(16)4)17(18(20,21)22,19(23,24)25)29-10-15(27)6-2/h11-16,26-27H,5-10H2,1-4H3. The van der Waals surface area contributed by atoms with Crippen LogP contribution in [-0.4, -0.2) is 59.7 Å². The van der Waals surface area contributed by atoms with Gasteiger partial charge < -0.3 is 19.7 Å². The summed E-state index contributed by atoms with van der Waals surface area (Å²) in [5.41, 5.74) is -4.35. The highest BCUT2D eigenvalue weighted by Gasteiger charge is 2.76. The van der Waals surface area contributed by atoms with Gasteiger partial charge in [0.2, 0.25) is 0 Å². The van der Waals surface area contributed by atoms with E-state index in [1.54, 1.807) is 20.8 Å². The zero-order valence-electron chi connectivity index (χ0n) is 17.2. The quantitative estimate of drug-likeness (QED) is 0.522. The Hall–Kier alpha value is -0.580. The molecule has 1 saturated carbocycles. The van der Waals surface area contributed by atoms with Gasteiger partial charge in [-0.1, -0.05) is 27.7 Å². The van der Waals surface area contributed by atoms with Crippen molar-refractivity contribution in [2.24, 2.45) is 17.8 Å². The van der Waals surface area contributed by atoms with Crippen molar-refractivity contribution < 1.29 is 46.0 Å². The van der Waals surface area contributed by atoms with Crippen LogP contribution in [0.25, 0.3) is 0 Å². The van der Waals surface area contributed by atoms with Gasteiger partial charge in [0.05, 0.1) is 31.5 Å². The number of aliphatic hydroxyl groups is 2. The molecular weight excluding hydrogens is 406 g/mol. The molecule has 0 bridgehead atoms.